The zero-order valence-corrected chi connectivity index (χ0v) is 17.7. The Morgan fingerprint density at radius 2 is 1.78 bits per heavy atom. The summed E-state index contributed by atoms with van der Waals surface area (Å²) >= 11 is 0. The Bertz CT molecular complexity index is 1190. The number of carbonyl (C=O) groups excluding carboxylic acids is 3. The highest BCUT2D eigenvalue weighted by Gasteiger charge is 2.35. The van der Waals surface area contributed by atoms with Gasteiger partial charge in [0.25, 0.3) is 5.91 Å². The molecular formula is C25H24FN3O3. The molecule has 6 nitrogen and oxygen atoms in total. The van der Waals surface area contributed by atoms with Crippen molar-refractivity contribution in [2.24, 2.45) is 5.92 Å². The number of nitrogens with one attached hydrogen (secondary N) is 2. The van der Waals surface area contributed by atoms with E-state index in [9.17, 15) is 18.8 Å². The van der Waals surface area contributed by atoms with Crippen molar-refractivity contribution in [1.82, 2.24) is 10.6 Å². The third kappa shape index (κ3) is 4.46. The zero-order valence-electron chi connectivity index (χ0n) is 17.7. The van der Waals surface area contributed by atoms with E-state index < -0.39 is 17.6 Å². The first-order chi connectivity index (χ1) is 15.4. The Kier molecular flexibility index (Phi) is 6.16. The molecule has 0 bridgehead atoms. The van der Waals surface area contributed by atoms with Crippen molar-refractivity contribution < 1.29 is 18.8 Å². The number of hydrogen-bond donors (Lipinski definition) is 2. The molecule has 4 rings (SSSR count). The molecule has 1 unspecified atom stereocenters. The van der Waals surface area contributed by atoms with Gasteiger partial charge in [0.05, 0.1) is 11.6 Å². The van der Waals surface area contributed by atoms with Crippen LogP contribution >= 0.6 is 0 Å². The fourth-order valence-corrected chi connectivity index (χ4v) is 3.90. The molecule has 1 aliphatic rings. The maximum Gasteiger partial charge on any atom is 0.251 e. The van der Waals surface area contributed by atoms with Gasteiger partial charge in [-0.15, -0.1) is 0 Å². The number of hydrogen-bond acceptors (Lipinski definition) is 3. The fraction of sp³-hybridized carbons (Fsp3) is 0.240. The lowest BCUT2D eigenvalue weighted by molar-refractivity contribution is -0.126. The molecule has 0 spiro atoms. The van der Waals surface area contributed by atoms with Gasteiger partial charge in [-0.25, -0.2) is 4.39 Å². The molecule has 2 N–H and O–H groups in total. The molecule has 3 aromatic rings. The third-order valence-corrected chi connectivity index (χ3v) is 5.70. The summed E-state index contributed by atoms with van der Waals surface area (Å²) in [5.74, 6) is -1.61. The second-order valence-electron chi connectivity index (χ2n) is 7.91. The van der Waals surface area contributed by atoms with Crippen LogP contribution in [0.15, 0.2) is 60.7 Å². The van der Waals surface area contributed by atoms with Crippen molar-refractivity contribution in [1.29, 1.82) is 0 Å². The van der Waals surface area contributed by atoms with Gasteiger partial charge in [-0.05, 0) is 36.1 Å². The summed E-state index contributed by atoms with van der Waals surface area (Å²) in [4.78, 5) is 39.0. The summed E-state index contributed by atoms with van der Waals surface area (Å²) in [7, 11) is 0. The van der Waals surface area contributed by atoms with Gasteiger partial charge < -0.3 is 15.5 Å². The smallest absolute Gasteiger partial charge is 0.251 e. The van der Waals surface area contributed by atoms with Crippen molar-refractivity contribution in [3.8, 4) is 0 Å². The van der Waals surface area contributed by atoms with Crippen LogP contribution in [-0.2, 0) is 9.59 Å². The Balaban J connectivity index is 1.30. The Morgan fingerprint density at radius 3 is 2.59 bits per heavy atom. The molecule has 3 amide bonds. The number of halogens is 1. The van der Waals surface area contributed by atoms with E-state index in [1.165, 1.54) is 6.07 Å². The van der Waals surface area contributed by atoms with Crippen LogP contribution in [0.5, 0.6) is 0 Å². The van der Waals surface area contributed by atoms with Gasteiger partial charge >= 0.3 is 0 Å². The molecule has 32 heavy (non-hydrogen) atoms. The van der Waals surface area contributed by atoms with Crippen molar-refractivity contribution in [3.05, 3.63) is 77.6 Å². The number of anilines is 1. The van der Waals surface area contributed by atoms with Gasteiger partial charge in [0.1, 0.15) is 5.82 Å². The molecular weight excluding hydrogens is 409 g/mol. The molecule has 164 valence electrons. The summed E-state index contributed by atoms with van der Waals surface area (Å²) in [6, 6.07) is 17.9. The van der Waals surface area contributed by atoms with Crippen LogP contribution < -0.4 is 15.5 Å². The summed E-state index contributed by atoms with van der Waals surface area (Å²) in [6.07, 6.45) is 0.143. The van der Waals surface area contributed by atoms with E-state index in [2.05, 4.69) is 10.6 Å². The molecule has 0 radical (unpaired) electrons. The number of rotatable bonds is 6. The van der Waals surface area contributed by atoms with E-state index in [1.54, 1.807) is 24.0 Å². The average Bonchev–Trinajstić information content (AvgIpc) is 3.19. The monoisotopic (exact) mass is 433 g/mol. The molecule has 1 fully saturated rings. The maximum atomic E-state index is 13.6. The molecule has 1 atom stereocenters. The van der Waals surface area contributed by atoms with E-state index in [0.29, 0.717) is 12.1 Å². The lowest BCUT2D eigenvalue weighted by Crippen LogP contribution is -2.38. The molecule has 0 saturated carbocycles. The van der Waals surface area contributed by atoms with Crippen molar-refractivity contribution in [2.75, 3.05) is 24.5 Å². The number of amides is 3. The lowest BCUT2D eigenvalue weighted by atomic mass is 10.1. The molecule has 0 aliphatic carbocycles. The van der Waals surface area contributed by atoms with Crippen molar-refractivity contribution in [3.63, 3.8) is 0 Å². The minimum absolute atomic E-state index is 0.0868. The first-order valence-corrected chi connectivity index (χ1v) is 10.5. The van der Waals surface area contributed by atoms with Gasteiger partial charge in [0.2, 0.25) is 11.8 Å². The summed E-state index contributed by atoms with van der Waals surface area (Å²) in [5, 5.41) is 7.44. The summed E-state index contributed by atoms with van der Waals surface area (Å²) in [5.41, 5.74) is 1.50. The van der Waals surface area contributed by atoms with Crippen molar-refractivity contribution >= 4 is 34.2 Å². The molecule has 1 aliphatic heterocycles. The fourth-order valence-electron chi connectivity index (χ4n) is 3.90. The van der Waals surface area contributed by atoms with Crippen LogP contribution in [0.1, 0.15) is 22.3 Å². The first-order valence-electron chi connectivity index (χ1n) is 10.5. The third-order valence-electron chi connectivity index (χ3n) is 5.70. The molecule has 1 heterocycles. The second kappa shape index (κ2) is 9.18. The zero-order chi connectivity index (χ0) is 22.7. The minimum Gasteiger partial charge on any atom is -0.354 e. The quantitative estimate of drug-likeness (QED) is 0.586. The predicted octanol–water partition coefficient (Wildman–Crippen LogP) is 3.19. The second-order valence-corrected chi connectivity index (χ2v) is 7.91. The molecule has 3 aromatic carbocycles. The standard InChI is InChI=1S/C25H24FN3O3/c1-16-9-10-18(13-21(16)26)24(31)27-11-12-28-25(32)19-14-23(30)29(15-19)22-8-4-6-17-5-2-3-7-20(17)22/h2-10,13,19H,11-12,14-15H2,1H3,(H,27,31)(H,28,32). The normalized spacial score (nSPS) is 15.8. The lowest BCUT2D eigenvalue weighted by Gasteiger charge is -2.19. The topological polar surface area (TPSA) is 78.5 Å². The van der Waals surface area contributed by atoms with E-state index in [0.717, 1.165) is 16.5 Å². The Morgan fingerprint density at radius 1 is 1.03 bits per heavy atom. The Hall–Kier alpha value is -3.74. The van der Waals surface area contributed by atoms with Gasteiger partial charge in [0.15, 0.2) is 0 Å². The van der Waals surface area contributed by atoms with Gasteiger partial charge in [-0.1, -0.05) is 42.5 Å². The van der Waals surface area contributed by atoms with E-state index >= 15 is 0 Å². The van der Waals surface area contributed by atoms with Crippen LogP contribution in [0.4, 0.5) is 10.1 Å². The number of fused-ring (bicyclic) bond motifs is 1. The Labute approximate surface area is 185 Å². The number of aryl methyl sites for hydroxylation is 1. The number of carbonyl (C=O) groups is 3. The van der Waals surface area contributed by atoms with Crippen LogP contribution in [0.2, 0.25) is 0 Å². The van der Waals surface area contributed by atoms with Crippen LogP contribution in [0, 0.1) is 18.7 Å². The highest BCUT2D eigenvalue weighted by atomic mass is 19.1. The maximum absolute atomic E-state index is 13.6. The molecule has 1 saturated heterocycles. The van der Waals surface area contributed by atoms with Crippen LogP contribution in [0.3, 0.4) is 0 Å². The highest BCUT2D eigenvalue weighted by Crippen LogP contribution is 2.31. The minimum atomic E-state index is -0.455. The van der Waals surface area contributed by atoms with Crippen LogP contribution in [0.25, 0.3) is 10.8 Å². The number of nitrogens with zero attached hydrogens (tertiary/aromatic N) is 1. The largest absolute Gasteiger partial charge is 0.354 e. The average molecular weight is 433 g/mol. The van der Waals surface area contributed by atoms with Gasteiger partial charge in [0, 0.05) is 37.0 Å². The molecule has 0 aromatic heterocycles. The number of benzene rings is 3. The summed E-state index contributed by atoms with van der Waals surface area (Å²) < 4.78 is 13.6. The van der Waals surface area contributed by atoms with E-state index in [4.69, 9.17) is 0 Å². The van der Waals surface area contributed by atoms with Gasteiger partial charge in [-0.2, -0.15) is 0 Å². The highest BCUT2D eigenvalue weighted by molar-refractivity contribution is 6.07. The predicted molar refractivity (Wildman–Crippen MR) is 121 cm³/mol. The van der Waals surface area contributed by atoms with E-state index in [1.807, 2.05) is 42.5 Å². The van der Waals surface area contributed by atoms with E-state index in [-0.39, 0.29) is 36.9 Å². The SMILES string of the molecule is Cc1ccc(C(=O)NCCNC(=O)C2CC(=O)N(c3cccc4ccccc34)C2)cc1F. The first kappa shape index (κ1) is 21.5. The summed E-state index contributed by atoms with van der Waals surface area (Å²) in [6.45, 7) is 2.36. The van der Waals surface area contributed by atoms with Crippen LogP contribution in [-0.4, -0.2) is 37.4 Å². The van der Waals surface area contributed by atoms with Crippen molar-refractivity contribution in [2.45, 2.75) is 13.3 Å². The molecule has 7 heteroatoms. The van der Waals surface area contributed by atoms with Gasteiger partial charge in [-0.3, -0.25) is 14.4 Å².